The van der Waals surface area contributed by atoms with E-state index in [1.165, 1.54) is 0 Å². The smallest absolute Gasteiger partial charge is 0.238 e. The van der Waals surface area contributed by atoms with E-state index < -0.39 is 9.84 Å². The first-order valence-corrected chi connectivity index (χ1v) is 8.45. The van der Waals surface area contributed by atoms with E-state index in [4.69, 9.17) is 0 Å². The summed E-state index contributed by atoms with van der Waals surface area (Å²) in [5.74, 6) is 0.253. The summed E-state index contributed by atoms with van der Waals surface area (Å²) in [5.41, 5.74) is 1.89. The highest BCUT2D eigenvalue weighted by Crippen LogP contribution is 2.16. The SMILES string of the molecule is Cc1ccc(NC(=O)CN(C)C2CCS(=O)(=O)C2)cc1. The zero-order valence-corrected chi connectivity index (χ0v) is 12.6. The van der Waals surface area contributed by atoms with Gasteiger partial charge in [-0.3, -0.25) is 9.69 Å². The molecule has 6 heteroatoms. The number of rotatable bonds is 4. The molecule has 0 aliphatic carbocycles. The number of nitrogens with one attached hydrogen (secondary N) is 1. The molecule has 0 saturated carbocycles. The minimum absolute atomic E-state index is 0.0521. The predicted molar refractivity (Wildman–Crippen MR) is 79.5 cm³/mol. The van der Waals surface area contributed by atoms with Gasteiger partial charge in [-0.1, -0.05) is 17.7 Å². The van der Waals surface area contributed by atoms with Gasteiger partial charge in [0.25, 0.3) is 0 Å². The lowest BCUT2D eigenvalue weighted by Crippen LogP contribution is -2.38. The van der Waals surface area contributed by atoms with Crippen molar-refractivity contribution in [1.82, 2.24) is 4.90 Å². The van der Waals surface area contributed by atoms with Crippen molar-refractivity contribution in [2.75, 3.05) is 30.4 Å². The van der Waals surface area contributed by atoms with Crippen molar-refractivity contribution in [1.29, 1.82) is 0 Å². The van der Waals surface area contributed by atoms with E-state index in [1.54, 1.807) is 7.05 Å². The van der Waals surface area contributed by atoms with Gasteiger partial charge >= 0.3 is 0 Å². The van der Waals surface area contributed by atoms with Crippen LogP contribution >= 0.6 is 0 Å². The monoisotopic (exact) mass is 296 g/mol. The third-order valence-corrected chi connectivity index (χ3v) is 5.31. The fourth-order valence-electron chi connectivity index (χ4n) is 2.32. The van der Waals surface area contributed by atoms with Crippen LogP contribution in [0.1, 0.15) is 12.0 Å². The lowest BCUT2D eigenvalue weighted by atomic mass is 10.2. The maximum atomic E-state index is 11.9. The molecule has 1 aliphatic rings. The Bertz CT molecular complexity index is 581. The van der Waals surface area contributed by atoms with Gasteiger partial charge in [-0.05, 0) is 32.5 Å². The number of carbonyl (C=O) groups is 1. The molecule has 1 unspecified atom stereocenters. The Balaban J connectivity index is 1.87. The van der Waals surface area contributed by atoms with Crippen LogP contribution in [0.15, 0.2) is 24.3 Å². The maximum Gasteiger partial charge on any atom is 0.238 e. The number of hydrogen-bond donors (Lipinski definition) is 1. The highest BCUT2D eigenvalue weighted by Gasteiger charge is 2.31. The van der Waals surface area contributed by atoms with Crippen molar-refractivity contribution in [3.8, 4) is 0 Å². The molecule has 1 aromatic rings. The third kappa shape index (κ3) is 4.05. The summed E-state index contributed by atoms with van der Waals surface area (Å²) in [6.07, 6.45) is 0.608. The molecule has 0 radical (unpaired) electrons. The standard InChI is InChI=1S/C14H20N2O3S/c1-11-3-5-12(6-4-11)15-14(17)9-16(2)13-7-8-20(18,19)10-13/h3-6,13H,7-10H2,1-2H3,(H,15,17). The number of amides is 1. The molecule has 1 saturated heterocycles. The number of benzene rings is 1. The normalized spacial score (nSPS) is 21.1. The second-order valence-corrected chi connectivity index (χ2v) is 7.61. The molecule has 1 fully saturated rings. The number of nitrogens with zero attached hydrogens (tertiary/aromatic N) is 1. The average Bonchev–Trinajstić information content (AvgIpc) is 2.73. The second kappa shape index (κ2) is 5.93. The van der Waals surface area contributed by atoms with Gasteiger partial charge in [-0.15, -0.1) is 0 Å². The van der Waals surface area contributed by atoms with E-state index in [2.05, 4.69) is 5.32 Å². The number of aryl methyl sites for hydroxylation is 1. The molecule has 0 bridgehead atoms. The molecule has 0 spiro atoms. The van der Waals surface area contributed by atoms with Gasteiger partial charge < -0.3 is 5.32 Å². The van der Waals surface area contributed by atoms with Gasteiger partial charge in [0, 0.05) is 11.7 Å². The Morgan fingerprint density at radius 1 is 1.35 bits per heavy atom. The predicted octanol–water partition coefficient (Wildman–Crippen LogP) is 1.05. The van der Waals surface area contributed by atoms with Crippen LogP contribution in [0.2, 0.25) is 0 Å². The van der Waals surface area contributed by atoms with E-state index >= 15 is 0 Å². The van der Waals surface area contributed by atoms with Crippen LogP contribution in [-0.2, 0) is 14.6 Å². The molecular formula is C14H20N2O3S. The average molecular weight is 296 g/mol. The molecular weight excluding hydrogens is 276 g/mol. The molecule has 5 nitrogen and oxygen atoms in total. The third-order valence-electron chi connectivity index (χ3n) is 3.56. The van der Waals surface area contributed by atoms with E-state index in [-0.39, 0.29) is 30.0 Å². The van der Waals surface area contributed by atoms with Crippen molar-refractivity contribution >= 4 is 21.4 Å². The number of sulfone groups is 1. The molecule has 110 valence electrons. The first-order valence-electron chi connectivity index (χ1n) is 6.63. The maximum absolute atomic E-state index is 11.9. The Morgan fingerprint density at radius 2 is 2.00 bits per heavy atom. The number of carbonyl (C=O) groups excluding carboxylic acids is 1. The fourth-order valence-corrected chi connectivity index (χ4v) is 4.12. The van der Waals surface area contributed by atoms with Crippen LogP contribution in [0.5, 0.6) is 0 Å². The van der Waals surface area contributed by atoms with Crippen molar-refractivity contribution in [2.24, 2.45) is 0 Å². The molecule has 1 heterocycles. The Labute approximate surface area is 119 Å². The number of anilines is 1. The van der Waals surface area contributed by atoms with E-state index in [0.717, 1.165) is 11.3 Å². The highest BCUT2D eigenvalue weighted by molar-refractivity contribution is 7.91. The number of likely N-dealkylation sites (N-methyl/N-ethyl adjacent to an activating group) is 1. The van der Waals surface area contributed by atoms with Crippen molar-refractivity contribution in [2.45, 2.75) is 19.4 Å². The molecule has 1 atom stereocenters. The number of hydrogen-bond acceptors (Lipinski definition) is 4. The minimum atomic E-state index is -2.91. The summed E-state index contributed by atoms with van der Waals surface area (Å²) in [4.78, 5) is 13.7. The van der Waals surface area contributed by atoms with Crippen molar-refractivity contribution < 1.29 is 13.2 Å². The van der Waals surface area contributed by atoms with Crippen LogP contribution in [-0.4, -0.2) is 50.4 Å². The Hall–Kier alpha value is -1.40. The lowest BCUT2D eigenvalue weighted by Gasteiger charge is -2.22. The van der Waals surface area contributed by atoms with Gasteiger partial charge in [0.05, 0.1) is 18.1 Å². The summed E-state index contributed by atoms with van der Waals surface area (Å²) >= 11 is 0. The van der Waals surface area contributed by atoms with Gasteiger partial charge in [0.2, 0.25) is 5.91 Å². The quantitative estimate of drug-likeness (QED) is 0.902. The summed E-state index contributed by atoms with van der Waals surface area (Å²) in [6, 6.07) is 7.52. The van der Waals surface area contributed by atoms with Crippen LogP contribution in [0.3, 0.4) is 0 Å². The molecule has 1 amide bonds. The van der Waals surface area contributed by atoms with Gasteiger partial charge in [-0.2, -0.15) is 0 Å². The van der Waals surface area contributed by atoms with E-state index in [0.29, 0.717) is 6.42 Å². The first kappa shape index (κ1) is 15.0. The second-order valence-electron chi connectivity index (χ2n) is 5.39. The summed E-state index contributed by atoms with van der Waals surface area (Å²) < 4.78 is 22.9. The largest absolute Gasteiger partial charge is 0.325 e. The first-order chi connectivity index (χ1) is 9.35. The van der Waals surface area contributed by atoms with Gasteiger partial charge in [-0.25, -0.2) is 8.42 Å². The van der Waals surface area contributed by atoms with Crippen LogP contribution in [0, 0.1) is 6.92 Å². The molecule has 20 heavy (non-hydrogen) atoms. The van der Waals surface area contributed by atoms with Crippen molar-refractivity contribution in [3.05, 3.63) is 29.8 Å². The van der Waals surface area contributed by atoms with Crippen LogP contribution in [0.4, 0.5) is 5.69 Å². The van der Waals surface area contributed by atoms with Gasteiger partial charge in [0.15, 0.2) is 9.84 Å². The van der Waals surface area contributed by atoms with Crippen LogP contribution in [0.25, 0.3) is 0 Å². The van der Waals surface area contributed by atoms with Crippen LogP contribution < -0.4 is 5.32 Å². The molecule has 0 aromatic heterocycles. The van der Waals surface area contributed by atoms with E-state index in [1.807, 2.05) is 36.1 Å². The van der Waals surface area contributed by atoms with E-state index in [9.17, 15) is 13.2 Å². The zero-order chi connectivity index (χ0) is 14.8. The molecule has 2 rings (SSSR count). The topological polar surface area (TPSA) is 66.5 Å². The molecule has 1 N–H and O–H groups in total. The minimum Gasteiger partial charge on any atom is -0.325 e. The molecule has 1 aliphatic heterocycles. The summed E-state index contributed by atoms with van der Waals surface area (Å²) in [5, 5.41) is 2.81. The fraction of sp³-hybridized carbons (Fsp3) is 0.500. The molecule has 1 aromatic carbocycles. The van der Waals surface area contributed by atoms with Crippen molar-refractivity contribution in [3.63, 3.8) is 0 Å². The summed E-state index contributed by atoms with van der Waals surface area (Å²) in [7, 11) is -1.12. The summed E-state index contributed by atoms with van der Waals surface area (Å²) in [6.45, 7) is 2.19. The Kier molecular flexibility index (Phi) is 4.45. The van der Waals surface area contributed by atoms with Gasteiger partial charge in [0.1, 0.15) is 0 Å². The zero-order valence-electron chi connectivity index (χ0n) is 11.8. The lowest BCUT2D eigenvalue weighted by molar-refractivity contribution is -0.117. The Morgan fingerprint density at radius 3 is 2.55 bits per heavy atom. The highest BCUT2D eigenvalue weighted by atomic mass is 32.2.